The zero-order valence-corrected chi connectivity index (χ0v) is 20.0. The molecule has 3 aromatic carbocycles. The molecule has 3 N–H and O–H groups in total. The minimum absolute atomic E-state index is 0.0188. The third-order valence-electron chi connectivity index (χ3n) is 5.48. The Morgan fingerprint density at radius 1 is 1.06 bits per heavy atom. The molecule has 1 atom stereocenters. The van der Waals surface area contributed by atoms with E-state index in [2.05, 4.69) is 0 Å². The zero-order valence-electron chi connectivity index (χ0n) is 17.6. The Balaban J connectivity index is 2.09. The van der Waals surface area contributed by atoms with E-state index in [1.54, 1.807) is 6.07 Å². The van der Waals surface area contributed by atoms with Gasteiger partial charge in [-0.15, -0.1) is 0 Å². The van der Waals surface area contributed by atoms with Gasteiger partial charge >= 0.3 is 13.9 Å². The lowest BCUT2D eigenvalue weighted by atomic mass is 9.92. The number of hydrogen-bond acceptors (Lipinski definition) is 2. The second-order valence-electron chi connectivity index (χ2n) is 7.83. The van der Waals surface area contributed by atoms with Gasteiger partial charge < -0.3 is 14.9 Å². The van der Waals surface area contributed by atoms with Crippen LogP contribution in [-0.4, -0.2) is 32.7 Å². The van der Waals surface area contributed by atoms with Crippen LogP contribution in [0.2, 0.25) is 10.0 Å². The Kier molecular flexibility index (Phi) is 8.01. The van der Waals surface area contributed by atoms with Crippen LogP contribution < -0.4 is 0 Å². The fourth-order valence-corrected chi connectivity index (χ4v) is 5.19. The summed E-state index contributed by atoms with van der Waals surface area (Å²) in [7, 11) is -4.51. The van der Waals surface area contributed by atoms with Gasteiger partial charge in [0, 0.05) is 23.5 Å². The maximum Gasteiger partial charge on any atom is 0.416 e. The van der Waals surface area contributed by atoms with E-state index >= 15 is 0 Å². The molecule has 3 aromatic rings. The van der Waals surface area contributed by atoms with Gasteiger partial charge in [0.25, 0.3) is 0 Å². The molecule has 11 heteroatoms. The molecule has 0 saturated carbocycles. The number of alkyl halides is 3. The van der Waals surface area contributed by atoms with E-state index in [9.17, 15) is 32.6 Å². The van der Waals surface area contributed by atoms with E-state index in [0.29, 0.717) is 28.1 Å². The number of aliphatic hydroxyl groups excluding tert-OH is 1. The van der Waals surface area contributed by atoms with Crippen LogP contribution in [0.4, 0.5) is 13.2 Å². The summed E-state index contributed by atoms with van der Waals surface area (Å²) in [5, 5.41) is 12.7. The molecule has 180 valence electrons. The Bertz CT molecular complexity index is 1220. The van der Waals surface area contributed by atoms with E-state index in [4.69, 9.17) is 23.2 Å². The van der Waals surface area contributed by atoms with Crippen molar-refractivity contribution in [2.24, 2.45) is 0 Å². The van der Waals surface area contributed by atoms with E-state index in [1.807, 2.05) is 6.92 Å². The van der Waals surface area contributed by atoms with Crippen LogP contribution in [0.5, 0.6) is 0 Å². The molecule has 0 spiro atoms. The maximum atomic E-state index is 13.3. The van der Waals surface area contributed by atoms with Crippen LogP contribution in [0.25, 0.3) is 21.5 Å². The SMILES string of the molecule is CCCCN(CCC(O)c1cc2ccc(C(F)(F)F)cc2c2cc(Cl)cc(Cl)c12)P(=O)(O)O. The van der Waals surface area contributed by atoms with Gasteiger partial charge in [0.1, 0.15) is 0 Å². The first-order valence-electron chi connectivity index (χ1n) is 10.2. The van der Waals surface area contributed by atoms with Crippen molar-refractivity contribution in [3.63, 3.8) is 0 Å². The Morgan fingerprint density at radius 3 is 2.36 bits per heavy atom. The average molecular weight is 524 g/mol. The van der Waals surface area contributed by atoms with Crippen molar-refractivity contribution < 1.29 is 32.6 Å². The number of rotatable bonds is 8. The summed E-state index contributed by atoms with van der Waals surface area (Å²) in [6.07, 6.45) is -4.41. The molecule has 3 rings (SSSR count). The highest BCUT2D eigenvalue weighted by Gasteiger charge is 2.31. The van der Waals surface area contributed by atoms with Gasteiger partial charge in [-0.1, -0.05) is 42.6 Å². The topological polar surface area (TPSA) is 81.0 Å². The Labute approximate surface area is 198 Å². The molecule has 0 aliphatic carbocycles. The Hall–Kier alpha value is -1.38. The standard InChI is InChI=1S/C22H23Cl2F3NO4P/c1-2-3-7-28(33(30,31)32)8-6-20(29)18-9-13-4-5-14(22(25,26)27)10-16(13)17-11-15(23)12-19(24)21(17)18/h4-5,9-12,20,29H,2-3,6-8H2,1H3,(H2,30,31,32). The molecule has 5 nitrogen and oxygen atoms in total. The number of benzene rings is 3. The molecular weight excluding hydrogens is 501 g/mol. The van der Waals surface area contributed by atoms with Crippen molar-refractivity contribution >= 4 is 52.5 Å². The average Bonchev–Trinajstić information content (AvgIpc) is 2.70. The quantitative estimate of drug-likeness (QED) is 0.220. The van der Waals surface area contributed by atoms with Crippen molar-refractivity contribution in [2.75, 3.05) is 13.1 Å². The van der Waals surface area contributed by atoms with Crippen molar-refractivity contribution in [2.45, 2.75) is 38.5 Å². The predicted octanol–water partition coefficient (Wildman–Crippen LogP) is 6.94. The van der Waals surface area contributed by atoms with Crippen molar-refractivity contribution in [1.29, 1.82) is 0 Å². The minimum Gasteiger partial charge on any atom is -0.388 e. The molecule has 0 amide bonds. The largest absolute Gasteiger partial charge is 0.416 e. The van der Waals surface area contributed by atoms with Gasteiger partial charge in [-0.25, -0.2) is 9.24 Å². The highest BCUT2D eigenvalue weighted by molar-refractivity contribution is 7.49. The highest BCUT2D eigenvalue weighted by atomic mass is 35.5. The van der Waals surface area contributed by atoms with Crippen LogP contribution in [-0.2, 0) is 10.7 Å². The summed E-state index contributed by atoms with van der Waals surface area (Å²) >= 11 is 12.5. The third kappa shape index (κ3) is 6.01. The fourth-order valence-electron chi connectivity index (χ4n) is 3.81. The van der Waals surface area contributed by atoms with E-state index in [-0.39, 0.29) is 34.9 Å². The first kappa shape index (κ1) is 26.2. The third-order valence-corrected chi connectivity index (χ3v) is 7.14. The number of halogens is 5. The first-order valence-corrected chi connectivity index (χ1v) is 12.6. The van der Waals surface area contributed by atoms with Crippen molar-refractivity contribution in [3.8, 4) is 0 Å². The zero-order chi connectivity index (χ0) is 24.6. The number of fused-ring (bicyclic) bond motifs is 3. The number of aliphatic hydroxyl groups is 1. The minimum atomic E-state index is -4.54. The molecule has 0 heterocycles. The lowest BCUT2D eigenvalue weighted by molar-refractivity contribution is -0.137. The van der Waals surface area contributed by atoms with Crippen LogP contribution in [0.1, 0.15) is 43.4 Å². The summed E-state index contributed by atoms with van der Waals surface area (Å²) < 4.78 is 52.6. The van der Waals surface area contributed by atoms with E-state index < -0.39 is 25.6 Å². The van der Waals surface area contributed by atoms with Gasteiger partial charge in [0.05, 0.1) is 16.7 Å². The van der Waals surface area contributed by atoms with Crippen LogP contribution in [0.3, 0.4) is 0 Å². The molecule has 0 aliphatic heterocycles. The molecule has 1 unspecified atom stereocenters. The summed E-state index contributed by atoms with van der Waals surface area (Å²) in [5.41, 5.74) is -0.478. The molecule has 0 aliphatic rings. The highest BCUT2D eigenvalue weighted by Crippen LogP contribution is 2.43. The number of unbranched alkanes of at least 4 members (excludes halogenated alkanes) is 1. The second kappa shape index (κ2) is 10.1. The predicted molar refractivity (Wildman–Crippen MR) is 125 cm³/mol. The summed E-state index contributed by atoms with van der Waals surface area (Å²) in [6.45, 7) is 1.98. The second-order valence-corrected chi connectivity index (χ2v) is 10.3. The summed E-state index contributed by atoms with van der Waals surface area (Å²) in [5.74, 6) is 0. The van der Waals surface area contributed by atoms with Crippen molar-refractivity contribution in [1.82, 2.24) is 4.67 Å². The summed E-state index contributed by atoms with van der Waals surface area (Å²) in [4.78, 5) is 19.2. The van der Waals surface area contributed by atoms with Crippen molar-refractivity contribution in [3.05, 3.63) is 57.6 Å². The maximum absolute atomic E-state index is 13.3. The van der Waals surface area contributed by atoms with Gasteiger partial charge in [0.15, 0.2) is 0 Å². The van der Waals surface area contributed by atoms with E-state index in [1.165, 1.54) is 18.2 Å². The molecule has 0 fully saturated rings. The Morgan fingerprint density at radius 2 is 1.76 bits per heavy atom. The van der Waals surface area contributed by atoms with Gasteiger partial charge in [-0.05, 0) is 64.9 Å². The normalized spacial score (nSPS) is 13.9. The van der Waals surface area contributed by atoms with Crippen LogP contribution in [0, 0.1) is 0 Å². The van der Waals surface area contributed by atoms with Gasteiger partial charge in [-0.3, -0.25) is 0 Å². The first-order chi connectivity index (χ1) is 15.3. The fraction of sp³-hybridized carbons (Fsp3) is 0.364. The molecule has 0 radical (unpaired) electrons. The number of nitrogens with zero attached hydrogens (tertiary/aromatic N) is 1. The molecule has 0 aromatic heterocycles. The van der Waals surface area contributed by atoms with Crippen LogP contribution in [0.15, 0.2) is 36.4 Å². The molecule has 0 saturated heterocycles. The smallest absolute Gasteiger partial charge is 0.388 e. The van der Waals surface area contributed by atoms with Crippen LogP contribution >= 0.6 is 30.9 Å². The lowest BCUT2D eigenvalue weighted by Gasteiger charge is -2.25. The molecule has 33 heavy (non-hydrogen) atoms. The lowest BCUT2D eigenvalue weighted by Crippen LogP contribution is -2.24. The summed E-state index contributed by atoms with van der Waals surface area (Å²) in [6, 6.07) is 7.76. The monoisotopic (exact) mass is 523 g/mol. The van der Waals surface area contributed by atoms with E-state index in [0.717, 1.165) is 23.2 Å². The van der Waals surface area contributed by atoms with Gasteiger partial charge in [0.2, 0.25) is 0 Å². The molecular formula is C22H23Cl2F3NO4P. The number of hydrogen-bond donors (Lipinski definition) is 3. The molecule has 0 bridgehead atoms. The van der Waals surface area contributed by atoms with Gasteiger partial charge in [-0.2, -0.15) is 13.2 Å².